The van der Waals surface area contributed by atoms with Gasteiger partial charge in [0.2, 0.25) is 5.91 Å². The third-order valence-electron chi connectivity index (χ3n) is 4.21. The third kappa shape index (κ3) is 2.52. The number of aromatic nitrogens is 2. The summed E-state index contributed by atoms with van der Waals surface area (Å²) >= 11 is 0. The zero-order chi connectivity index (χ0) is 16.7. The van der Waals surface area contributed by atoms with Crippen molar-refractivity contribution in [2.45, 2.75) is 19.4 Å². The minimum Gasteiger partial charge on any atom is -0.343 e. The minimum atomic E-state index is -0.256. The molecule has 4 rings (SSSR count). The lowest BCUT2D eigenvalue weighted by molar-refractivity contribution is -0.115. The molecule has 0 bridgehead atoms. The molecule has 120 valence electrons. The number of H-pyrrole nitrogens is 1. The molecular formula is C18H16N4O2. The molecule has 1 unspecified atom stereocenters. The molecule has 2 heterocycles. The van der Waals surface area contributed by atoms with Crippen molar-refractivity contribution in [2.75, 3.05) is 5.32 Å². The molecule has 1 atom stereocenters. The lowest BCUT2D eigenvalue weighted by Gasteiger charge is -2.14. The number of fused-ring (bicyclic) bond motifs is 2. The van der Waals surface area contributed by atoms with Crippen molar-refractivity contribution in [3.63, 3.8) is 0 Å². The maximum atomic E-state index is 12.4. The first-order valence-corrected chi connectivity index (χ1v) is 7.78. The largest absolute Gasteiger partial charge is 0.343 e. The van der Waals surface area contributed by atoms with E-state index in [2.05, 4.69) is 20.6 Å². The SMILES string of the molecule is CC(NC(=O)c1nc2ccccc2[nH]1)c1ccc2c(c1)CC(=O)N2. The Bertz CT molecular complexity index is 928. The number of hydrogen-bond acceptors (Lipinski definition) is 3. The standard InChI is InChI=1S/C18H16N4O2/c1-10(11-6-7-13-12(8-11)9-16(23)20-13)19-18(24)17-21-14-4-2-3-5-15(14)22-17/h2-8,10H,9H2,1H3,(H,19,24)(H,20,23)(H,21,22). The second-order valence-corrected chi connectivity index (χ2v) is 5.94. The minimum absolute atomic E-state index is 0.00103. The predicted octanol–water partition coefficient (Wildman–Crippen LogP) is 2.55. The first-order chi connectivity index (χ1) is 11.6. The smallest absolute Gasteiger partial charge is 0.287 e. The number of aromatic amines is 1. The van der Waals surface area contributed by atoms with Crippen LogP contribution < -0.4 is 10.6 Å². The van der Waals surface area contributed by atoms with Gasteiger partial charge in [0.1, 0.15) is 0 Å². The summed E-state index contributed by atoms with van der Waals surface area (Å²) in [5.74, 6) is 0.0376. The van der Waals surface area contributed by atoms with Crippen LogP contribution in [0, 0.1) is 0 Å². The Morgan fingerprint density at radius 3 is 2.92 bits per heavy atom. The van der Waals surface area contributed by atoms with Crippen molar-refractivity contribution in [1.82, 2.24) is 15.3 Å². The highest BCUT2D eigenvalue weighted by atomic mass is 16.2. The summed E-state index contributed by atoms with van der Waals surface area (Å²) in [6.07, 6.45) is 0.382. The molecule has 6 heteroatoms. The van der Waals surface area contributed by atoms with Crippen LogP contribution in [0.2, 0.25) is 0 Å². The molecule has 0 spiro atoms. The van der Waals surface area contributed by atoms with E-state index in [1.165, 1.54) is 0 Å². The van der Waals surface area contributed by atoms with Gasteiger partial charge in [-0.2, -0.15) is 0 Å². The normalized spacial score (nSPS) is 14.3. The molecule has 3 aromatic rings. The predicted molar refractivity (Wildman–Crippen MR) is 90.8 cm³/mol. The average molecular weight is 320 g/mol. The van der Waals surface area contributed by atoms with Gasteiger partial charge in [0.25, 0.3) is 5.91 Å². The Morgan fingerprint density at radius 1 is 1.25 bits per heavy atom. The van der Waals surface area contributed by atoms with Crippen LogP contribution in [0.1, 0.15) is 34.7 Å². The van der Waals surface area contributed by atoms with Gasteiger partial charge in [0.05, 0.1) is 23.5 Å². The quantitative estimate of drug-likeness (QED) is 0.693. The second-order valence-electron chi connectivity index (χ2n) is 5.94. The molecule has 1 aliphatic rings. The number of imidazole rings is 1. The number of carbonyl (C=O) groups excluding carboxylic acids is 2. The summed E-state index contributed by atoms with van der Waals surface area (Å²) in [4.78, 5) is 31.2. The monoisotopic (exact) mass is 320 g/mol. The lowest BCUT2D eigenvalue weighted by Crippen LogP contribution is -2.27. The summed E-state index contributed by atoms with van der Waals surface area (Å²) in [6.45, 7) is 1.91. The molecule has 0 radical (unpaired) electrons. The van der Waals surface area contributed by atoms with E-state index in [4.69, 9.17) is 0 Å². The lowest BCUT2D eigenvalue weighted by atomic mass is 10.0. The van der Waals surface area contributed by atoms with E-state index in [1.54, 1.807) is 0 Å². The molecule has 6 nitrogen and oxygen atoms in total. The van der Waals surface area contributed by atoms with E-state index in [0.29, 0.717) is 12.2 Å². The van der Waals surface area contributed by atoms with Crippen molar-refractivity contribution >= 4 is 28.5 Å². The molecule has 3 N–H and O–H groups in total. The summed E-state index contributed by atoms with van der Waals surface area (Å²) in [7, 11) is 0. The van der Waals surface area contributed by atoms with Crippen LogP contribution in [-0.4, -0.2) is 21.8 Å². The number of amides is 2. The van der Waals surface area contributed by atoms with Crippen molar-refractivity contribution in [3.05, 3.63) is 59.4 Å². The fourth-order valence-electron chi connectivity index (χ4n) is 2.93. The van der Waals surface area contributed by atoms with E-state index in [9.17, 15) is 9.59 Å². The Hall–Kier alpha value is -3.15. The first-order valence-electron chi connectivity index (χ1n) is 7.78. The van der Waals surface area contributed by atoms with Crippen molar-refractivity contribution in [3.8, 4) is 0 Å². The number of carbonyl (C=O) groups is 2. The second kappa shape index (κ2) is 5.49. The fourth-order valence-corrected chi connectivity index (χ4v) is 2.93. The van der Waals surface area contributed by atoms with Crippen LogP contribution in [0.3, 0.4) is 0 Å². The Labute approximate surface area is 138 Å². The van der Waals surface area contributed by atoms with Crippen LogP contribution in [0.15, 0.2) is 42.5 Å². The number of hydrogen-bond donors (Lipinski definition) is 3. The fraction of sp³-hybridized carbons (Fsp3) is 0.167. The van der Waals surface area contributed by atoms with E-state index >= 15 is 0 Å². The van der Waals surface area contributed by atoms with Gasteiger partial charge in [0, 0.05) is 5.69 Å². The molecule has 2 aromatic carbocycles. The Morgan fingerprint density at radius 2 is 2.08 bits per heavy atom. The van der Waals surface area contributed by atoms with E-state index < -0.39 is 0 Å². The Kier molecular flexibility index (Phi) is 3.30. The molecule has 0 fully saturated rings. The van der Waals surface area contributed by atoms with Crippen LogP contribution in [0.4, 0.5) is 5.69 Å². The summed E-state index contributed by atoms with van der Waals surface area (Å²) in [5, 5.41) is 5.74. The van der Waals surface area contributed by atoms with Crippen LogP contribution in [0.25, 0.3) is 11.0 Å². The summed E-state index contributed by atoms with van der Waals surface area (Å²) in [6, 6.07) is 13.1. The number of para-hydroxylation sites is 2. The highest BCUT2D eigenvalue weighted by Crippen LogP contribution is 2.26. The van der Waals surface area contributed by atoms with E-state index in [1.807, 2.05) is 49.4 Å². The zero-order valence-corrected chi connectivity index (χ0v) is 13.1. The highest BCUT2D eigenvalue weighted by molar-refractivity contribution is 5.99. The number of benzene rings is 2. The number of nitrogens with zero attached hydrogens (tertiary/aromatic N) is 1. The van der Waals surface area contributed by atoms with Crippen LogP contribution in [-0.2, 0) is 11.2 Å². The maximum Gasteiger partial charge on any atom is 0.287 e. The topological polar surface area (TPSA) is 86.9 Å². The average Bonchev–Trinajstić information content (AvgIpc) is 3.15. The molecule has 0 aliphatic carbocycles. The van der Waals surface area contributed by atoms with Crippen LogP contribution in [0.5, 0.6) is 0 Å². The van der Waals surface area contributed by atoms with Gasteiger partial charge >= 0.3 is 0 Å². The number of nitrogens with one attached hydrogen (secondary N) is 3. The molecular weight excluding hydrogens is 304 g/mol. The molecule has 2 amide bonds. The zero-order valence-electron chi connectivity index (χ0n) is 13.1. The van der Waals surface area contributed by atoms with Crippen molar-refractivity contribution in [2.24, 2.45) is 0 Å². The maximum absolute atomic E-state index is 12.4. The van der Waals surface area contributed by atoms with Gasteiger partial charge in [-0.25, -0.2) is 4.98 Å². The van der Waals surface area contributed by atoms with Gasteiger partial charge < -0.3 is 15.6 Å². The first kappa shape index (κ1) is 14.4. The van der Waals surface area contributed by atoms with Gasteiger partial charge in [0.15, 0.2) is 5.82 Å². The Balaban J connectivity index is 1.53. The van der Waals surface area contributed by atoms with Gasteiger partial charge in [-0.1, -0.05) is 24.3 Å². The summed E-state index contributed by atoms with van der Waals surface area (Å²) < 4.78 is 0. The van der Waals surface area contributed by atoms with E-state index in [-0.39, 0.29) is 17.9 Å². The summed E-state index contributed by atoms with van der Waals surface area (Å²) in [5.41, 5.74) is 4.35. The van der Waals surface area contributed by atoms with E-state index in [0.717, 1.165) is 27.8 Å². The van der Waals surface area contributed by atoms with Gasteiger partial charge in [-0.3, -0.25) is 9.59 Å². The van der Waals surface area contributed by atoms with Gasteiger partial charge in [-0.05, 0) is 36.2 Å². The highest BCUT2D eigenvalue weighted by Gasteiger charge is 2.20. The van der Waals surface area contributed by atoms with Crippen LogP contribution >= 0.6 is 0 Å². The van der Waals surface area contributed by atoms with Crippen molar-refractivity contribution in [1.29, 1.82) is 0 Å². The van der Waals surface area contributed by atoms with Gasteiger partial charge in [-0.15, -0.1) is 0 Å². The third-order valence-corrected chi connectivity index (χ3v) is 4.21. The van der Waals surface area contributed by atoms with Crippen molar-refractivity contribution < 1.29 is 9.59 Å². The molecule has 1 aromatic heterocycles. The molecule has 1 aliphatic heterocycles. The molecule has 0 saturated carbocycles. The molecule has 0 saturated heterocycles. The number of rotatable bonds is 3. The molecule has 24 heavy (non-hydrogen) atoms. The number of anilines is 1.